The van der Waals surface area contributed by atoms with E-state index in [0.29, 0.717) is 35.3 Å². The largest absolute Gasteiger partial charge is 0.458 e. The lowest BCUT2D eigenvalue weighted by Crippen LogP contribution is -2.46. The second-order valence-electron chi connectivity index (χ2n) is 6.13. The molecule has 0 bridgehead atoms. The molecule has 9 heteroatoms. The molecule has 1 unspecified atom stereocenters. The van der Waals surface area contributed by atoms with Gasteiger partial charge in [0.15, 0.2) is 11.7 Å². The van der Waals surface area contributed by atoms with Crippen LogP contribution >= 0.6 is 11.3 Å². The molecule has 0 saturated carbocycles. The van der Waals surface area contributed by atoms with Crippen molar-refractivity contribution in [1.29, 1.82) is 0 Å². The van der Waals surface area contributed by atoms with Gasteiger partial charge in [-0.2, -0.15) is 4.99 Å². The van der Waals surface area contributed by atoms with Crippen molar-refractivity contribution < 1.29 is 9.21 Å². The summed E-state index contributed by atoms with van der Waals surface area (Å²) in [4.78, 5) is 19.6. The average Bonchev–Trinajstić information content (AvgIpc) is 3.29. The molecule has 0 spiro atoms. The Morgan fingerprint density at radius 2 is 2.07 bits per heavy atom. The highest BCUT2D eigenvalue weighted by Crippen LogP contribution is 2.28. The molecule has 3 rings (SSSR count). The zero-order valence-corrected chi connectivity index (χ0v) is 16.2. The van der Waals surface area contributed by atoms with Crippen LogP contribution in [0.3, 0.4) is 0 Å². The molecule has 0 fully saturated rings. The summed E-state index contributed by atoms with van der Waals surface area (Å²) in [6.07, 6.45) is 0.274. The van der Waals surface area contributed by atoms with Crippen LogP contribution in [0.15, 0.2) is 57.3 Å². The molecule has 1 amide bonds. The number of nitrogens with zero attached hydrogens (tertiary/aromatic N) is 2. The number of hydrogen-bond acceptors (Lipinski definition) is 6. The number of aromatic nitrogens is 1. The molecule has 0 aliphatic heterocycles. The van der Waals surface area contributed by atoms with Crippen molar-refractivity contribution in [3.05, 3.63) is 59.2 Å². The second kappa shape index (κ2) is 9.16. The molecule has 146 valence electrons. The van der Waals surface area contributed by atoms with Gasteiger partial charge in [0.1, 0.15) is 11.5 Å². The minimum atomic E-state index is -0.355. The fourth-order valence-corrected chi connectivity index (χ4v) is 3.18. The van der Waals surface area contributed by atoms with E-state index in [-0.39, 0.29) is 18.0 Å². The van der Waals surface area contributed by atoms with Crippen LogP contribution in [-0.2, 0) is 17.8 Å². The number of nitrogens with one attached hydrogen (secondary N) is 2. The quantitative estimate of drug-likeness (QED) is 0.274. The normalized spacial score (nSPS) is 12.6. The van der Waals surface area contributed by atoms with Gasteiger partial charge in [-0.1, -0.05) is 30.3 Å². The monoisotopic (exact) mass is 398 g/mol. The zero-order chi connectivity index (χ0) is 19.9. The molecular weight excluding hydrogens is 376 g/mol. The van der Waals surface area contributed by atoms with Gasteiger partial charge in [0.2, 0.25) is 11.0 Å². The van der Waals surface area contributed by atoms with Crippen LogP contribution in [-0.4, -0.2) is 23.0 Å². The van der Waals surface area contributed by atoms with Crippen molar-refractivity contribution in [1.82, 2.24) is 15.6 Å². The maximum Gasteiger partial charge on any atom is 0.217 e. The fourth-order valence-electron chi connectivity index (χ4n) is 2.50. The van der Waals surface area contributed by atoms with Crippen molar-refractivity contribution in [2.75, 3.05) is 0 Å². The van der Waals surface area contributed by atoms with E-state index in [2.05, 4.69) is 20.6 Å². The highest BCUT2D eigenvalue weighted by Gasteiger charge is 2.10. The summed E-state index contributed by atoms with van der Waals surface area (Å²) in [6, 6.07) is 13.5. The number of furan rings is 1. The van der Waals surface area contributed by atoms with E-state index in [1.54, 1.807) is 12.1 Å². The minimum Gasteiger partial charge on any atom is -0.458 e. The van der Waals surface area contributed by atoms with Crippen LogP contribution < -0.4 is 22.1 Å². The van der Waals surface area contributed by atoms with Crippen LogP contribution in [0, 0.1) is 0 Å². The number of thiazole rings is 1. The highest BCUT2D eigenvalue weighted by atomic mass is 32.1. The Morgan fingerprint density at radius 3 is 2.82 bits per heavy atom. The number of hydrogen-bond donors (Lipinski definition) is 4. The van der Waals surface area contributed by atoms with Gasteiger partial charge in [-0.15, -0.1) is 11.3 Å². The Balaban J connectivity index is 1.59. The number of benzene rings is 1. The molecule has 0 aliphatic rings. The summed E-state index contributed by atoms with van der Waals surface area (Å²) in [5, 5.41) is 7.97. The fraction of sp³-hybridized carbons (Fsp3) is 0.211. The van der Waals surface area contributed by atoms with Crippen molar-refractivity contribution in [3.63, 3.8) is 0 Å². The Bertz CT molecular complexity index is 950. The minimum absolute atomic E-state index is 0.114. The molecule has 3 aromatic rings. The first-order valence-electron chi connectivity index (χ1n) is 8.69. The number of aliphatic imine (C=N–C) groups is 1. The molecule has 1 atom stereocenters. The van der Waals surface area contributed by atoms with Gasteiger partial charge >= 0.3 is 0 Å². The standard InChI is InChI=1S/C19H22N6O2S/c1-12(26)22-10-14-7-8-16(27-14)15-11-28-19(23-15)25-18(21)24-17(20)9-13-5-3-2-4-6-13/h2-8,11,17H,9-10,20H2,1H3,(H,22,26)(H3,21,23,24,25). The van der Waals surface area contributed by atoms with Gasteiger partial charge in [-0.25, -0.2) is 4.98 Å². The predicted molar refractivity (Wildman–Crippen MR) is 110 cm³/mol. The number of carbonyl (C=O) groups excluding carboxylic acids is 1. The first-order chi connectivity index (χ1) is 13.5. The summed E-state index contributed by atoms with van der Waals surface area (Å²) in [5.41, 5.74) is 13.8. The van der Waals surface area contributed by atoms with Crippen LogP contribution in [0.25, 0.3) is 11.5 Å². The molecular formula is C19H22N6O2S. The summed E-state index contributed by atoms with van der Waals surface area (Å²) >= 11 is 1.34. The van der Waals surface area contributed by atoms with E-state index in [1.165, 1.54) is 18.3 Å². The molecule has 28 heavy (non-hydrogen) atoms. The van der Waals surface area contributed by atoms with Gasteiger partial charge < -0.3 is 26.5 Å². The SMILES string of the molecule is CC(=O)NCc1ccc(-c2csc(N=C(N)NC(N)Cc3ccccc3)n2)o1. The third kappa shape index (κ3) is 5.66. The van der Waals surface area contributed by atoms with Crippen LogP contribution in [0.1, 0.15) is 18.2 Å². The summed E-state index contributed by atoms with van der Waals surface area (Å²) < 4.78 is 5.68. The first kappa shape index (κ1) is 19.6. The van der Waals surface area contributed by atoms with E-state index >= 15 is 0 Å². The van der Waals surface area contributed by atoms with Crippen molar-refractivity contribution in [2.24, 2.45) is 16.5 Å². The van der Waals surface area contributed by atoms with Crippen molar-refractivity contribution in [2.45, 2.75) is 26.1 Å². The van der Waals surface area contributed by atoms with E-state index in [0.717, 1.165) is 5.56 Å². The van der Waals surface area contributed by atoms with E-state index in [1.807, 2.05) is 35.7 Å². The van der Waals surface area contributed by atoms with E-state index in [4.69, 9.17) is 15.9 Å². The molecule has 8 nitrogen and oxygen atoms in total. The molecule has 2 aromatic heterocycles. The van der Waals surface area contributed by atoms with Gasteiger partial charge in [-0.05, 0) is 17.7 Å². The second-order valence-corrected chi connectivity index (χ2v) is 6.97. The number of amides is 1. The van der Waals surface area contributed by atoms with Crippen LogP contribution in [0.4, 0.5) is 5.13 Å². The number of carbonyl (C=O) groups is 1. The predicted octanol–water partition coefficient (Wildman–Crippen LogP) is 2.10. The van der Waals surface area contributed by atoms with Crippen molar-refractivity contribution in [3.8, 4) is 11.5 Å². The van der Waals surface area contributed by atoms with Gasteiger partial charge in [0, 0.05) is 18.7 Å². The summed E-state index contributed by atoms with van der Waals surface area (Å²) in [7, 11) is 0. The molecule has 0 aliphatic carbocycles. The highest BCUT2D eigenvalue weighted by molar-refractivity contribution is 7.13. The molecule has 1 aromatic carbocycles. The Kier molecular flexibility index (Phi) is 6.41. The maximum atomic E-state index is 11.0. The number of guanidine groups is 1. The summed E-state index contributed by atoms with van der Waals surface area (Å²) in [6.45, 7) is 1.79. The van der Waals surface area contributed by atoms with Gasteiger partial charge in [0.25, 0.3) is 0 Å². The van der Waals surface area contributed by atoms with Crippen LogP contribution in [0.5, 0.6) is 0 Å². The molecule has 0 saturated heterocycles. The van der Waals surface area contributed by atoms with E-state index < -0.39 is 0 Å². The zero-order valence-electron chi connectivity index (χ0n) is 15.4. The summed E-state index contributed by atoms with van der Waals surface area (Å²) in [5.74, 6) is 1.34. The topological polar surface area (TPSA) is 132 Å². The van der Waals surface area contributed by atoms with Gasteiger partial charge in [0.05, 0.1) is 12.7 Å². The van der Waals surface area contributed by atoms with E-state index in [9.17, 15) is 4.79 Å². The maximum absolute atomic E-state index is 11.0. The third-order valence-electron chi connectivity index (χ3n) is 3.77. The number of rotatable bonds is 7. The lowest BCUT2D eigenvalue weighted by molar-refractivity contribution is -0.119. The van der Waals surface area contributed by atoms with Crippen molar-refractivity contribution >= 4 is 28.3 Å². The number of nitrogens with two attached hydrogens (primary N) is 2. The lowest BCUT2D eigenvalue weighted by atomic mass is 10.1. The molecule has 2 heterocycles. The Labute approximate surface area is 166 Å². The lowest BCUT2D eigenvalue weighted by Gasteiger charge is -2.14. The average molecular weight is 398 g/mol. The first-order valence-corrected chi connectivity index (χ1v) is 9.57. The van der Waals surface area contributed by atoms with Gasteiger partial charge in [-0.3, -0.25) is 4.79 Å². The van der Waals surface area contributed by atoms with Crippen LogP contribution in [0.2, 0.25) is 0 Å². The molecule has 6 N–H and O–H groups in total. The third-order valence-corrected chi connectivity index (χ3v) is 4.50. The smallest absolute Gasteiger partial charge is 0.217 e. The molecule has 0 radical (unpaired) electrons. The Hall–Kier alpha value is -3.17. The Morgan fingerprint density at radius 1 is 1.29 bits per heavy atom.